The molecule has 0 aromatic carbocycles. The molecule has 1 aromatic rings. The summed E-state index contributed by atoms with van der Waals surface area (Å²) in [6, 6.07) is 2.26. The van der Waals surface area contributed by atoms with Crippen molar-refractivity contribution in [1.82, 2.24) is 10.3 Å². The van der Waals surface area contributed by atoms with Gasteiger partial charge in [0.05, 0.1) is 17.7 Å². The van der Waals surface area contributed by atoms with Crippen LogP contribution in [0.2, 0.25) is 0 Å². The molecule has 1 unspecified atom stereocenters. The van der Waals surface area contributed by atoms with E-state index in [9.17, 15) is 0 Å². The summed E-state index contributed by atoms with van der Waals surface area (Å²) in [5, 5.41) is 15.2. The standard InChI is InChI=1S/C12H20N4S/c1-4-14-7-11-9-17-12(15-11)16(5-2)8-10(3)6-13/h9-10,14H,4-5,7-8H2,1-3H3. The van der Waals surface area contributed by atoms with Crippen LogP contribution in [0.4, 0.5) is 5.13 Å². The number of nitriles is 1. The monoisotopic (exact) mass is 252 g/mol. The van der Waals surface area contributed by atoms with Crippen molar-refractivity contribution in [2.45, 2.75) is 27.3 Å². The molecule has 0 aliphatic carbocycles. The highest BCUT2D eigenvalue weighted by Gasteiger charge is 2.12. The van der Waals surface area contributed by atoms with Gasteiger partial charge >= 0.3 is 0 Å². The van der Waals surface area contributed by atoms with Gasteiger partial charge in [-0.1, -0.05) is 6.92 Å². The smallest absolute Gasteiger partial charge is 0.185 e. The van der Waals surface area contributed by atoms with Crippen LogP contribution in [0.5, 0.6) is 0 Å². The lowest BCUT2D eigenvalue weighted by Crippen LogP contribution is -2.27. The SMILES string of the molecule is CCNCc1csc(N(CC)CC(C)C#N)n1. The third-order valence-corrected chi connectivity index (χ3v) is 3.41. The number of nitrogens with one attached hydrogen (secondary N) is 1. The summed E-state index contributed by atoms with van der Waals surface area (Å²) in [6.45, 7) is 9.53. The first kappa shape index (κ1) is 13.9. The van der Waals surface area contributed by atoms with Gasteiger partial charge in [-0.2, -0.15) is 5.26 Å². The van der Waals surface area contributed by atoms with Crippen LogP contribution in [0.25, 0.3) is 0 Å². The van der Waals surface area contributed by atoms with E-state index >= 15 is 0 Å². The molecule has 0 fully saturated rings. The Hall–Kier alpha value is -1.12. The molecule has 0 amide bonds. The van der Waals surface area contributed by atoms with E-state index < -0.39 is 0 Å². The van der Waals surface area contributed by atoms with E-state index in [1.165, 1.54) is 0 Å². The van der Waals surface area contributed by atoms with Crippen LogP contribution in [0, 0.1) is 17.2 Å². The van der Waals surface area contributed by atoms with Gasteiger partial charge in [-0.3, -0.25) is 0 Å². The molecule has 0 spiro atoms. The van der Waals surface area contributed by atoms with Gasteiger partial charge < -0.3 is 10.2 Å². The summed E-state index contributed by atoms with van der Waals surface area (Å²) in [4.78, 5) is 6.74. The molecule has 0 radical (unpaired) electrons. The van der Waals surface area contributed by atoms with E-state index in [-0.39, 0.29) is 5.92 Å². The van der Waals surface area contributed by atoms with Crippen LogP contribution in [-0.2, 0) is 6.54 Å². The van der Waals surface area contributed by atoms with Crippen LogP contribution >= 0.6 is 11.3 Å². The van der Waals surface area contributed by atoms with Crippen molar-refractivity contribution in [3.63, 3.8) is 0 Å². The van der Waals surface area contributed by atoms with Gasteiger partial charge in [0.25, 0.3) is 0 Å². The van der Waals surface area contributed by atoms with Crippen molar-refractivity contribution in [2.75, 3.05) is 24.5 Å². The van der Waals surface area contributed by atoms with Crippen LogP contribution in [0.1, 0.15) is 26.5 Å². The minimum atomic E-state index is 0.0380. The highest BCUT2D eigenvalue weighted by molar-refractivity contribution is 7.13. The Labute approximate surface area is 107 Å². The summed E-state index contributed by atoms with van der Waals surface area (Å²) < 4.78 is 0. The first-order chi connectivity index (χ1) is 8.21. The number of nitrogens with zero attached hydrogens (tertiary/aromatic N) is 3. The van der Waals surface area contributed by atoms with Crippen molar-refractivity contribution in [2.24, 2.45) is 5.92 Å². The second-order valence-electron chi connectivity index (χ2n) is 3.97. The van der Waals surface area contributed by atoms with Crippen molar-refractivity contribution < 1.29 is 0 Å². The fourth-order valence-electron chi connectivity index (χ4n) is 1.49. The predicted molar refractivity (Wildman–Crippen MR) is 72.2 cm³/mol. The van der Waals surface area contributed by atoms with E-state index in [0.717, 1.165) is 37.0 Å². The first-order valence-corrected chi connectivity index (χ1v) is 6.88. The molecule has 0 aliphatic heterocycles. The zero-order chi connectivity index (χ0) is 12.7. The molecule has 17 heavy (non-hydrogen) atoms. The molecule has 0 saturated carbocycles. The Kier molecular flexibility index (Phi) is 5.95. The third kappa shape index (κ3) is 4.33. The van der Waals surface area contributed by atoms with Gasteiger partial charge in [0.1, 0.15) is 0 Å². The Morgan fingerprint density at radius 3 is 2.94 bits per heavy atom. The normalized spacial score (nSPS) is 12.1. The van der Waals surface area contributed by atoms with E-state index in [1.54, 1.807) is 11.3 Å². The highest BCUT2D eigenvalue weighted by Crippen LogP contribution is 2.21. The minimum absolute atomic E-state index is 0.0380. The zero-order valence-electron chi connectivity index (χ0n) is 10.7. The molecule has 0 saturated heterocycles. The lowest BCUT2D eigenvalue weighted by molar-refractivity contribution is 0.678. The maximum atomic E-state index is 8.84. The van der Waals surface area contributed by atoms with Crippen molar-refractivity contribution >= 4 is 16.5 Å². The average molecular weight is 252 g/mol. The molecule has 1 aromatic heterocycles. The van der Waals surface area contributed by atoms with Crippen LogP contribution < -0.4 is 10.2 Å². The Bertz CT molecular complexity index is 369. The second-order valence-corrected chi connectivity index (χ2v) is 4.81. The highest BCUT2D eigenvalue weighted by atomic mass is 32.1. The lowest BCUT2D eigenvalue weighted by Gasteiger charge is -2.20. The van der Waals surface area contributed by atoms with Crippen molar-refractivity contribution in [1.29, 1.82) is 5.26 Å². The summed E-state index contributed by atoms with van der Waals surface area (Å²) in [6.07, 6.45) is 0. The van der Waals surface area contributed by atoms with Gasteiger partial charge in [-0.15, -0.1) is 11.3 Å². The molecule has 0 bridgehead atoms. The number of thiazole rings is 1. The molecule has 5 heteroatoms. The van der Waals surface area contributed by atoms with Gasteiger partial charge in [-0.25, -0.2) is 4.98 Å². The van der Waals surface area contributed by atoms with E-state index in [1.807, 2.05) is 6.92 Å². The lowest BCUT2D eigenvalue weighted by atomic mass is 10.2. The maximum Gasteiger partial charge on any atom is 0.185 e. The average Bonchev–Trinajstić information content (AvgIpc) is 2.81. The fraction of sp³-hybridized carbons (Fsp3) is 0.667. The number of aromatic nitrogens is 1. The van der Waals surface area contributed by atoms with Gasteiger partial charge in [0.15, 0.2) is 5.13 Å². The summed E-state index contributed by atoms with van der Waals surface area (Å²) >= 11 is 1.65. The summed E-state index contributed by atoms with van der Waals surface area (Å²) in [7, 11) is 0. The Morgan fingerprint density at radius 2 is 2.35 bits per heavy atom. The molecule has 1 rings (SSSR count). The first-order valence-electron chi connectivity index (χ1n) is 6.00. The minimum Gasteiger partial charge on any atom is -0.347 e. The molecular weight excluding hydrogens is 232 g/mol. The van der Waals surface area contributed by atoms with Gasteiger partial charge in [0, 0.05) is 25.0 Å². The van der Waals surface area contributed by atoms with E-state index in [0.29, 0.717) is 0 Å². The Balaban J connectivity index is 2.62. The summed E-state index contributed by atoms with van der Waals surface area (Å²) in [5.41, 5.74) is 1.08. The van der Waals surface area contributed by atoms with Crippen LogP contribution in [0.15, 0.2) is 5.38 Å². The Morgan fingerprint density at radius 1 is 1.59 bits per heavy atom. The largest absolute Gasteiger partial charge is 0.347 e. The zero-order valence-corrected chi connectivity index (χ0v) is 11.5. The summed E-state index contributed by atoms with van der Waals surface area (Å²) in [5.74, 6) is 0.0380. The number of anilines is 1. The van der Waals surface area contributed by atoms with Crippen LogP contribution in [0.3, 0.4) is 0 Å². The van der Waals surface area contributed by atoms with Crippen molar-refractivity contribution in [3.05, 3.63) is 11.1 Å². The fourth-order valence-corrected chi connectivity index (χ4v) is 2.39. The molecule has 1 heterocycles. The van der Waals surface area contributed by atoms with Crippen molar-refractivity contribution in [3.8, 4) is 6.07 Å². The topological polar surface area (TPSA) is 52.0 Å². The number of hydrogen-bond donors (Lipinski definition) is 1. The van der Waals surface area contributed by atoms with Crippen LogP contribution in [-0.4, -0.2) is 24.6 Å². The molecular formula is C12H20N4S. The molecule has 4 nitrogen and oxygen atoms in total. The number of rotatable bonds is 7. The molecule has 94 valence electrons. The molecule has 1 N–H and O–H groups in total. The predicted octanol–water partition coefficient (Wildman–Crippen LogP) is 2.24. The molecule has 1 atom stereocenters. The maximum absolute atomic E-state index is 8.84. The van der Waals surface area contributed by atoms with E-state index in [2.05, 4.69) is 40.5 Å². The van der Waals surface area contributed by atoms with E-state index in [4.69, 9.17) is 5.26 Å². The van der Waals surface area contributed by atoms with Gasteiger partial charge in [0.2, 0.25) is 0 Å². The third-order valence-electron chi connectivity index (χ3n) is 2.46. The quantitative estimate of drug-likeness (QED) is 0.808. The second kappa shape index (κ2) is 7.25. The van der Waals surface area contributed by atoms with Gasteiger partial charge in [-0.05, 0) is 20.4 Å². The number of hydrogen-bond acceptors (Lipinski definition) is 5. The molecule has 0 aliphatic rings.